The number of ether oxygens (including phenoxy) is 2. The molecule has 2 heterocycles. The van der Waals surface area contributed by atoms with Gasteiger partial charge in [0.15, 0.2) is 0 Å². The monoisotopic (exact) mass is 416 g/mol. The van der Waals surface area contributed by atoms with Crippen LogP contribution < -0.4 is 4.74 Å². The Balaban J connectivity index is 1.19. The standard InChI is InChI=1S/C26H28N2O3/c1-18-24(12-9-20-4-3-15-27-25(18)20)19-7-10-22(11-8-19)30-23-13-16-28(17-14-23)26(29)31-21-5-2-6-21/h3-4,7-12,15,21,23H,2,5-6,13-14,16-17H2,1H3. The van der Waals surface area contributed by atoms with Crippen LogP contribution in [0.15, 0.2) is 54.7 Å². The highest BCUT2D eigenvalue weighted by atomic mass is 16.6. The predicted octanol–water partition coefficient (Wildman–Crippen LogP) is 5.74. The summed E-state index contributed by atoms with van der Waals surface area (Å²) >= 11 is 0. The van der Waals surface area contributed by atoms with Crippen molar-refractivity contribution in [2.24, 2.45) is 0 Å². The quantitative estimate of drug-likeness (QED) is 0.544. The Hall–Kier alpha value is -3.08. The van der Waals surface area contributed by atoms with Crippen molar-refractivity contribution in [1.82, 2.24) is 9.88 Å². The molecule has 2 aromatic carbocycles. The van der Waals surface area contributed by atoms with Crippen LogP contribution in [0.5, 0.6) is 5.75 Å². The van der Waals surface area contributed by atoms with E-state index in [1.54, 1.807) is 0 Å². The van der Waals surface area contributed by atoms with Crippen molar-refractivity contribution < 1.29 is 14.3 Å². The summed E-state index contributed by atoms with van der Waals surface area (Å²) in [7, 11) is 0. The molecule has 2 aliphatic rings. The molecule has 2 fully saturated rings. The highest BCUT2D eigenvalue weighted by molar-refractivity contribution is 5.88. The zero-order valence-corrected chi connectivity index (χ0v) is 17.9. The minimum absolute atomic E-state index is 0.130. The second kappa shape index (κ2) is 8.58. The van der Waals surface area contributed by atoms with Crippen LogP contribution in [0.3, 0.4) is 0 Å². The molecule has 0 spiro atoms. The Morgan fingerprint density at radius 3 is 2.45 bits per heavy atom. The third-order valence-electron chi connectivity index (χ3n) is 6.52. The molecule has 1 amide bonds. The van der Waals surface area contributed by atoms with Crippen molar-refractivity contribution in [2.45, 2.75) is 51.2 Å². The number of pyridine rings is 1. The lowest BCUT2D eigenvalue weighted by Gasteiger charge is -2.34. The third kappa shape index (κ3) is 4.22. The van der Waals surface area contributed by atoms with Crippen molar-refractivity contribution in [3.63, 3.8) is 0 Å². The second-order valence-corrected chi connectivity index (χ2v) is 8.58. The molecule has 1 aliphatic carbocycles. The molecule has 1 aliphatic heterocycles. The number of carbonyl (C=O) groups is 1. The lowest BCUT2D eigenvalue weighted by molar-refractivity contribution is 0.0149. The van der Waals surface area contributed by atoms with Gasteiger partial charge in [0.05, 0.1) is 5.52 Å². The van der Waals surface area contributed by atoms with E-state index >= 15 is 0 Å². The summed E-state index contributed by atoms with van der Waals surface area (Å²) in [5, 5.41) is 1.16. The van der Waals surface area contributed by atoms with Gasteiger partial charge in [-0.1, -0.05) is 30.3 Å². The van der Waals surface area contributed by atoms with E-state index in [0.29, 0.717) is 13.1 Å². The topological polar surface area (TPSA) is 51.7 Å². The minimum Gasteiger partial charge on any atom is -0.490 e. The summed E-state index contributed by atoms with van der Waals surface area (Å²) in [6.45, 7) is 3.51. The van der Waals surface area contributed by atoms with E-state index in [1.165, 1.54) is 17.5 Å². The predicted molar refractivity (Wildman–Crippen MR) is 121 cm³/mol. The number of hydrogen-bond donors (Lipinski definition) is 0. The molecule has 1 saturated carbocycles. The molecule has 0 bridgehead atoms. The molecule has 1 saturated heterocycles. The fraction of sp³-hybridized carbons (Fsp3) is 0.385. The molecule has 1 aromatic heterocycles. The number of carbonyl (C=O) groups excluding carboxylic acids is 1. The average molecular weight is 417 g/mol. The number of aromatic nitrogens is 1. The minimum atomic E-state index is -0.159. The molecule has 0 unspecified atom stereocenters. The summed E-state index contributed by atoms with van der Waals surface area (Å²) in [6, 6.07) is 16.6. The van der Waals surface area contributed by atoms with Gasteiger partial charge in [-0.3, -0.25) is 4.98 Å². The second-order valence-electron chi connectivity index (χ2n) is 8.58. The van der Waals surface area contributed by atoms with Crippen LogP contribution in [0.4, 0.5) is 4.79 Å². The van der Waals surface area contributed by atoms with Gasteiger partial charge in [0.2, 0.25) is 0 Å². The summed E-state index contributed by atoms with van der Waals surface area (Å²) in [5.74, 6) is 0.871. The van der Waals surface area contributed by atoms with Crippen molar-refractivity contribution in [3.05, 3.63) is 60.3 Å². The molecule has 5 nitrogen and oxygen atoms in total. The lowest BCUT2D eigenvalue weighted by atomic mass is 9.96. The molecule has 5 rings (SSSR count). The van der Waals surface area contributed by atoms with E-state index in [0.717, 1.165) is 47.9 Å². The first kappa shape index (κ1) is 19.9. The summed E-state index contributed by atoms with van der Waals surface area (Å²) in [5.41, 5.74) is 4.58. The van der Waals surface area contributed by atoms with Crippen LogP contribution in [-0.2, 0) is 4.74 Å². The largest absolute Gasteiger partial charge is 0.490 e. The first-order chi connectivity index (χ1) is 15.2. The van der Waals surface area contributed by atoms with Gasteiger partial charge in [-0.25, -0.2) is 4.79 Å². The van der Waals surface area contributed by atoms with Crippen LogP contribution >= 0.6 is 0 Å². The van der Waals surface area contributed by atoms with E-state index in [4.69, 9.17) is 9.47 Å². The average Bonchev–Trinajstić information content (AvgIpc) is 2.78. The highest BCUT2D eigenvalue weighted by Gasteiger charge is 2.28. The maximum atomic E-state index is 12.2. The van der Waals surface area contributed by atoms with E-state index in [1.807, 2.05) is 29.3 Å². The normalized spacial score (nSPS) is 17.4. The number of likely N-dealkylation sites (tertiary alicyclic amines) is 1. The molecule has 5 heteroatoms. The maximum Gasteiger partial charge on any atom is 0.410 e. The van der Waals surface area contributed by atoms with Crippen LogP contribution in [0, 0.1) is 6.92 Å². The Morgan fingerprint density at radius 2 is 1.74 bits per heavy atom. The molecular formula is C26H28N2O3. The SMILES string of the molecule is Cc1c(-c2ccc(OC3CCN(C(=O)OC4CCC4)CC3)cc2)ccc2cccnc12. The fourth-order valence-corrected chi connectivity index (χ4v) is 4.37. The number of rotatable bonds is 4. The Kier molecular flexibility index (Phi) is 5.49. The molecule has 0 radical (unpaired) electrons. The van der Waals surface area contributed by atoms with Gasteiger partial charge in [0, 0.05) is 37.5 Å². The summed E-state index contributed by atoms with van der Waals surface area (Å²) in [6.07, 6.45) is 6.80. The van der Waals surface area contributed by atoms with Crippen LogP contribution in [-0.4, -0.2) is 41.3 Å². The van der Waals surface area contributed by atoms with Gasteiger partial charge < -0.3 is 14.4 Å². The van der Waals surface area contributed by atoms with Crippen molar-refractivity contribution in [1.29, 1.82) is 0 Å². The van der Waals surface area contributed by atoms with Crippen molar-refractivity contribution >= 4 is 17.0 Å². The summed E-state index contributed by atoms with van der Waals surface area (Å²) < 4.78 is 11.7. The van der Waals surface area contributed by atoms with Gasteiger partial charge >= 0.3 is 6.09 Å². The number of piperidine rings is 1. The number of hydrogen-bond acceptors (Lipinski definition) is 4. The fourth-order valence-electron chi connectivity index (χ4n) is 4.37. The number of aryl methyl sites for hydroxylation is 1. The van der Waals surface area contributed by atoms with E-state index in [9.17, 15) is 4.79 Å². The smallest absolute Gasteiger partial charge is 0.410 e. The molecule has 160 valence electrons. The maximum absolute atomic E-state index is 12.2. The van der Waals surface area contributed by atoms with Crippen molar-refractivity contribution in [2.75, 3.05) is 13.1 Å². The van der Waals surface area contributed by atoms with E-state index in [-0.39, 0.29) is 18.3 Å². The lowest BCUT2D eigenvalue weighted by Crippen LogP contribution is -2.43. The summed E-state index contributed by atoms with van der Waals surface area (Å²) in [4.78, 5) is 18.6. The van der Waals surface area contributed by atoms with Gasteiger partial charge in [-0.2, -0.15) is 0 Å². The number of nitrogens with zero attached hydrogens (tertiary/aromatic N) is 2. The molecular weight excluding hydrogens is 388 g/mol. The van der Waals surface area contributed by atoms with Gasteiger partial charge in [0.25, 0.3) is 0 Å². The highest BCUT2D eigenvalue weighted by Crippen LogP contribution is 2.30. The van der Waals surface area contributed by atoms with Crippen LogP contribution in [0.1, 0.15) is 37.7 Å². The van der Waals surface area contributed by atoms with Gasteiger partial charge in [-0.05, 0) is 61.1 Å². The van der Waals surface area contributed by atoms with Crippen LogP contribution in [0.25, 0.3) is 22.0 Å². The van der Waals surface area contributed by atoms with Crippen molar-refractivity contribution in [3.8, 4) is 16.9 Å². The zero-order valence-electron chi connectivity index (χ0n) is 17.9. The molecule has 0 N–H and O–H groups in total. The molecule has 31 heavy (non-hydrogen) atoms. The van der Waals surface area contributed by atoms with Gasteiger partial charge in [0.1, 0.15) is 18.0 Å². The Morgan fingerprint density at radius 1 is 0.968 bits per heavy atom. The number of fused-ring (bicyclic) bond motifs is 1. The Labute approximate surface area is 183 Å². The number of benzene rings is 2. The zero-order chi connectivity index (χ0) is 21.2. The first-order valence-electron chi connectivity index (χ1n) is 11.2. The van der Waals surface area contributed by atoms with E-state index < -0.39 is 0 Å². The Bertz CT molecular complexity index is 1070. The van der Waals surface area contributed by atoms with Gasteiger partial charge in [-0.15, -0.1) is 0 Å². The first-order valence-corrected chi connectivity index (χ1v) is 11.2. The van der Waals surface area contributed by atoms with E-state index in [2.05, 4.69) is 42.2 Å². The van der Waals surface area contributed by atoms with Crippen LogP contribution in [0.2, 0.25) is 0 Å². The molecule has 0 atom stereocenters. The molecule has 3 aromatic rings. The third-order valence-corrected chi connectivity index (χ3v) is 6.52. The number of amides is 1.